The van der Waals surface area contributed by atoms with Crippen molar-refractivity contribution in [3.63, 3.8) is 0 Å². The van der Waals surface area contributed by atoms with Crippen molar-refractivity contribution < 1.29 is 13.9 Å². The van der Waals surface area contributed by atoms with Crippen LogP contribution in [0.2, 0.25) is 0 Å². The highest BCUT2D eigenvalue weighted by molar-refractivity contribution is 8.00. The van der Waals surface area contributed by atoms with Crippen molar-refractivity contribution in [2.24, 2.45) is 0 Å². The van der Waals surface area contributed by atoms with Gasteiger partial charge in [-0.1, -0.05) is 36.0 Å². The second-order valence-corrected chi connectivity index (χ2v) is 7.77. The van der Waals surface area contributed by atoms with Crippen LogP contribution in [0.15, 0.2) is 58.5 Å². The highest BCUT2D eigenvalue weighted by Gasteiger charge is 2.19. The smallest absolute Gasteiger partial charge is 0.262 e. The number of carbonyl (C=O) groups excluding carboxylic acids is 1. The number of carbonyl (C=O) groups is 1. The van der Waals surface area contributed by atoms with Crippen LogP contribution in [0.25, 0.3) is 10.9 Å². The molecule has 1 aromatic heterocycles. The molecule has 0 saturated carbocycles. The van der Waals surface area contributed by atoms with Crippen LogP contribution in [-0.4, -0.2) is 34.4 Å². The molecule has 1 atom stereocenters. The summed E-state index contributed by atoms with van der Waals surface area (Å²) in [6.07, 6.45) is 0. The van der Waals surface area contributed by atoms with Crippen LogP contribution in [0.4, 0.5) is 4.39 Å². The highest BCUT2D eigenvalue weighted by atomic mass is 32.2. The molecule has 0 saturated heterocycles. The molecule has 0 radical (unpaired) electrons. The Balaban J connectivity index is 1.77. The average Bonchev–Trinajstić information content (AvgIpc) is 2.73. The molecule has 0 bridgehead atoms. The first-order valence-electron chi connectivity index (χ1n) is 9.17. The van der Waals surface area contributed by atoms with E-state index in [0.29, 0.717) is 35.8 Å². The molecule has 0 aliphatic rings. The first-order chi connectivity index (χ1) is 14.0. The molecule has 29 heavy (non-hydrogen) atoms. The van der Waals surface area contributed by atoms with Gasteiger partial charge in [0.05, 0.1) is 29.3 Å². The van der Waals surface area contributed by atoms with Gasteiger partial charge in [0, 0.05) is 13.7 Å². The predicted molar refractivity (Wildman–Crippen MR) is 111 cm³/mol. The summed E-state index contributed by atoms with van der Waals surface area (Å²) in [5, 5.41) is 3.35. The summed E-state index contributed by atoms with van der Waals surface area (Å²) in [5.41, 5.74) is 1.24. The van der Waals surface area contributed by atoms with Crippen LogP contribution in [0.3, 0.4) is 0 Å². The minimum atomic E-state index is -0.475. The molecular weight excluding hydrogens is 393 g/mol. The lowest BCUT2D eigenvalue weighted by atomic mass is 10.2. The number of para-hydroxylation sites is 1. The van der Waals surface area contributed by atoms with Crippen LogP contribution in [0, 0.1) is 5.82 Å². The standard InChI is InChI=1S/C21H22FN3O3S/c1-14(19(26)23-13-15-7-9-16(22)10-8-15)29-21-24-18-6-4-3-5-17(18)20(27)25(21)11-12-28-2/h3-10,14H,11-13H2,1-2H3,(H,23,26)/t14-/m1/s1. The number of amides is 1. The second kappa shape index (κ2) is 9.67. The number of halogens is 1. The Bertz CT molecular complexity index is 1050. The number of fused-ring (bicyclic) bond motifs is 1. The van der Waals surface area contributed by atoms with E-state index in [1.807, 2.05) is 6.07 Å². The molecule has 0 spiro atoms. The van der Waals surface area contributed by atoms with Gasteiger partial charge in [-0.3, -0.25) is 14.2 Å². The predicted octanol–water partition coefficient (Wildman–Crippen LogP) is 2.98. The first kappa shape index (κ1) is 21.0. The Kier molecular flexibility index (Phi) is 7.00. The lowest BCUT2D eigenvalue weighted by Gasteiger charge is -2.16. The molecule has 1 N–H and O–H groups in total. The maximum atomic E-state index is 13.0. The van der Waals surface area contributed by atoms with Gasteiger partial charge in [0.1, 0.15) is 5.82 Å². The zero-order valence-corrected chi connectivity index (χ0v) is 17.0. The van der Waals surface area contributed by atoms with E-state index < -0.39 is 5.25 Å². The molecule has 1 heterocycles. The molecule has 152 valence electrons. The molecule has 1 amide bonds. The van der Waals surface area contributed by atoms with E-state index in [2.05, 4.69) is 10.3 Å². The second-order valence-electron chi connectivity index (χ2n) is 6.47. The minimum absolute atomic E-state index is 0.158. The molecule has 2 aromatic carbocycles. The summed E-state index contributed by atoms with van der Waals surface area (Å²) >= 11 is 1.22. The van der Waals surface area contributed by atoms with Gasteiger partial charge in [-0.2, -0.15) is 0 Å². The average molecular weight is 415 g/mol. The monoisotopic (exact) mass is 415 g/mol. The van der Waals surface area contributed by atoms with Gasteiger partial charge in [0.15, 0.2) is 5.16 Å². The number of aromatic nitrogens is 2. The maximum Gasteiger partial charge on any atom is 0.262 e. The fourth-order valence-electron chi connectivity index (χ4n) is 2.76. The number of hydrogen-bond acceptors (Lipinski definition) is 5. The Hall–Kier alpha value is -2.71. The van der Waals surface area contributed by atoms with Gasteiger partial charge in [0.2, 0.25) is 5.91 Å². The maximum absolute atomic E-state index is 13.0. The number of benzene rings is 2. The Labute approximate surface area is 172 Å². The molecule has 8 heteroatoms. The van der Waals surface area contributed by atoms with Crippen molar-refractivity contribution in [1.82, 2.24) is 14.9 Å². The van der Waals surface area contributed by atoms with Gasteiger partial charge in [-0.15, -0.1) is 0 Å². The molecular formula is C21H22FN3O3S. The summed E-state index contributed by atoms with van der Waals surface area (Å²) in [5.74, 6) is -0.513. The van der Waals surface area contributed by atoms with E-state index in [4.69, 9.17) is 4.74 Å². The first-order valence-corrected chi connectivity index (χ1v) is 10.0. The molecule has 6 nitrogen and oxygen atoms in total. The fraction of sp³-hybridized carbons (Fsp3) is 0.286. The van der Waals surface area contributed by atoms with Gasteiger partial charge in [0.25, 0.3) is 5.56 Å². The van der Waals surface area contributed by atoms with Gasteiger partial charge in [-0.25, -0.2) is 9.37 Å². The Morgan fingerprint density at radius 3 is 2.69 bits per heavy atom. The molecule has 0 aliphatic heterocycles. The third kappa shape index (κ3) is 5.21. The van der Waals surface area contributed by atoms with Crippen molar-refractivity contribution in [1.29, 1.82) is 0 Å². The zero-order chi connectivity index (χ0) is 20.8. The Morgan fingerprint density at radius 1 is 1.24 bits per heavy atom. The van der Waals surface area contributed by atoms with Gasteiger partial charge >= 0.3 is 0 Å². The van der Waals surface area contributed by atoms with Crippen molar-refractivity contribution in [3.05, 3.63) is 70.3 Å². The molecule has 0 unspecified atom stereocenters. The number of rotatable bonds is 8. The van der Waals surface area contributed by atoms with Gasteiger partial charge < -0.3 is 10.1 Å². The quantitative estimate of drug-likeness (QED) is 0.452. The number of ether oxygens (including phenoxy) is 1. The van der Waals surface area contributed by atoms with Gasteiger partial charge in [-0.05, 0) is 36.8 Å². The van der Waals surface area contributed by atoms with Crippen molar-refractivity contribution in [3.8, 4) is 0 Å². The van der Waals surface area contributed by atoms with Crippen LogP contribution < -0.4 is 10.9 Å². The summed E-state index contributed by atoms with van der Waals surface area (Å²) in [6, 6.07) is 13.1. The van der Waals surface area contributed by atoms with E-state index >= 15 is 0 Å². The van der Waals surface area contributed by atoms with Crippen molar-refractivity contribution in [2.45, 2.75) is 30.4 Å². The van der Waals surface area contributed by atoms with Crippen LogP contribution in [0.1, 0.15) is 12.5 Å². The SMILES string of the molecule is COCCn1c(S[C@H](C)C(=O)NCc2ccc(F)cc2)nc2ccccc2c1=O. The number of hydrogen-bond donors (Lipinski definition) is 1. The number of thioether (sulfide) groups is 1. The highest BCUT2D eigenvalue weighted by Crippen LogP contribution is 2.22. The van der Waals surface area contributed by atoms with Crippen LogP contribution in [-0.2, 0) is 22.6 Å². The largest absolute Gasteiger partial charge is 0.383 e. The number of methoxy groups -OCH3 is 1. The minimum Gasteiger partial charge on any atom is -0.383 e. The Morgan fingerprint density at radius 2 is 1.97 bits per heavy atom. The van der Waals surface area contributed by atoms with E-state index in [1.54, 1.807) is 48.9 Å². The topological polar surface area (TPSA) is 73.2 Å². The third-order valence-electron chi connectivity index (χ3n) is 4.38. The zero-order valence-electron chi connectivity index (χ0n) is 16.2. The number of nitrogens with one attached hydrogen (secondary N) is 1. The molecule has 3 rings (SSSR count). The van der Waals surface area contributed by atoms with E-state index in [0.717, 1.165) is 5.56 Å². The molecule has 0 aliphatic carbocycles. The third-order valence-corrected chi connectivity index (χ3v) is 5.47. The number of nitrogens with zero attached hydrogens (tertiary/aromatic N) is 2. The van der Waals surface area contributed by atoms with Crippen LogP contribution in [0.5, 0.6) is 0 Å². The summed E-state index contributed by atoms with van der Waals surface area (Å²) in [7, 11) is 1.57. The van der Waals surface area contributed by atoms with Crippen molar-refractivity contribution in [2.75, 3.05) is 13.7 Å². The lowest BCUT2D eigenvalue weighted by molar-refractivity contribution is -0.120. The lowest BCUT2D eigenvalue weighted by Crippen LogP contribution is -2.32. The molecule has 0 fully saturated rings. The molecule has 3 aromatic rings. The fourth-order valence-corrected chi connectivity index (χ4v) is 3.72. The summed E-state index contributed by atoms with van der Waals surface area (Å²) in [6.45, 7) is 2.76. The van der Waals surface area contributed by atoms with Crippen LogP contribution >= 0.6 is 11.8 Å². The van der Waals surface area contributed by atoms with E-state index in [9.17, 15) is 14.0 Å². The van der Waals surface area contributed by atoms with Crippen molar-refractivity contribution >= 4 is 28.6 Å². The normalized spacial score (nSPS) is 12.1. The van der Waals surface area contributed by atoms with E-state index in [1.165, 1.54) is 23.9 Å². The summed E-state index contributed by atoms with van der Waals surface area (Å²) in [4.78, 5) is 30.0. The summed E-state index contributed by atoms with van der Waals surface area (Å²) < 4.78 is 19.6. The van der Waals surface area contributed by atoms with E-state index in [-0.39, 0.29) is 17.3 Å².